The third kappa shape index (κ3) is 5.55. The van der Waals surface area contributed by atoms with Crippen molar-refractivity contribution in [2.75, 3.05) is 0 Å². The van der Waals surface area contributed by atoms with Crippen LogP contribution in [0.2, 0.25) is 0 Å². The van der Waals surface area contributed by atoms with Gasteiger partial charge >= 0.3 is 5.97 Å². The van der Waals surface area contributed by atoms with E-state index in [1.54, 1.807) is 0 Å². The summed E-state index contributed by atoms with van der Waals surface area (Å²) in [5.74, 6) is -1.65. The molecule has 0 unspecified atom stereocenters. The Morgan fingerprint density at radius 1 is 1.00 bits per heavy atom. The van der Waals surface area contributed by atoms with Gasteiger partial charge in [-0.3, -0.25) is 9.59 Å². The monoisotopic (exact) mass is 353 g/mol. The summed E-state index contributed by atoms with van der Waals surface area (Å²) < 4.78 is 0. The van der Waals surface area contributed by atoms with E-state index in [0.717, 1.165) is 16.7 Å². The molecule has 2 N–H and O–H groups in total. The Morgan fingerprint density at radius 3 is 2.35 bits per heavy atom. The molecular formula is C21H23NO4. The Kier molecular flexibility index (Phi) is 6.67. The fourth-order valence-corrected chi connectivity index (χ4v) is 2.71. The molecular weight excluding hydrogens is 330 g/mol. The molecule has 0 saturated carbocycles. The number of nitrogens with one attached hydrogen (secondary N) is 1. The largest absolute Gasteiger partial charge is 0.480 e. The molecule has 0 spiro atoms. The summed E-state index contributed by atoms with van der Waals surface area (Å²) in [5, 5.41) is 11.8. The summed E-state index contributed by atoms with van der Waals surface area (Å²) in [4.78, 5) is 35.8. The van der Waals surface area contributed by atoms with Gasteiger partial charge in [-0.05, 0) is 31.0 Å². The van der Waals surface area contributed by atoms with E-state index in [9.17, 15) is 19.5 Å². The van der Waals surface area contributed by atoms with E-state index in [1.165, 1.54) is 0 Å². The minimum atomic E-state index is -1.09. The van der Waals surface area contributed by atoms with Crippen LogP contribution in [0, 0.1) is 13.8 Å². The number of rotatable bonds is 8. The molecule has 0 radical (unpaired) electrons. The summed E-state index contributed by atoms with van der Waals surface area (Å²) in [6, 6.07) is 13.7. The highest BCUT2D eigenvalue weighted by atomic mass is 16.4. The second kappa shape index (κ2) is 8.94. The van der Waals surface area contributed by atoms with Gasteiger partial charge in [-0.15, -0.1) is 0 Å². The summed E-state index contributed by atoms with van der Waals surface area (Å²) >= 11 is 0. The van der Waals surface area contributed by atoms with Gasteiger partial charge in [0.1, 0.15) is 6.04 Å². The highest BCUT2D eigenvalue weighted by Crippen LogP contribution is 2.14. The van der Waals surface area contributed by atoms with Crippen molar-refractivity contribution in [3.8, 4) is 0 Å². The Hall–Kier alpha value is -2.95. The number of carboxylic acids is 1. The molecule has 5 heteroatoms. The molecule has 136 valence electrons. The Bertz CT molecular complexity index is 799. The van der Waals surface area contributed by atoms with Crippen LogP contribution in [-0.4, -0.2) is 28.8 Å². The number of amides is 1. The second-order valence-electron chi connectivity index (χ2n) is 6.39. The first-order chi connectivity index (χ1) is 12.4. The molecule has 5 nitrogen and oxygen atoms in total. The molecule has 0 aliphatic carbocycles. The van der Waals surface area contributed by atoms with Gasteiger partial charge in [0.05, 0.1) is 0 Å². The lowest BCUT2D eigenvalue weighted by Crippen LogP contribution is -2.42. The van der Waals surface area contributed by atoms with Gasteiger partial charge in [-0.1, -0.05) is 48.0 Å². The van der Waals surface area contributed by atoms with Crippen molar-refractivity contribution >= 4 is 17.7 Å². The molecule has 0 aliphatic rings. The average Bonchev–Trinajstić information content (AvgIpc) is 2.62. The van der Waals surface area contributed by atoms with Crippen LogP contribution in [0.3, 0.4) is 0 Å². The SMILES string of the molecule is Cc1ccc(C)c(C(=O)CCC(=O)N[C@@H](Cc2ccccc2)C(=O)O)c1. The summed E-state index contributed by atoms with van der Waals surface area (Å²) in [6.45, 7) is 3.76. The van der Waals surface area contributed by atoms with Crippen molar-refractivity contribution in [1.82, 2.24) is 5.32 Å². The number of carboxylic acid groups (broad SMARTS) is 1. The molecule has 0 saturated heterocycles. The van der Waals surface area contributed by atoms with Crippen LogP contribution in [0.5, 0.6) is 0 Å². The maximum Gasteiger partial charge on any atom is 0.326 e. The number of hydrogen-bond donors (Lipinski definition) is 2. The zero-order valence-electron chi connectivity index (χ0n) is 15.0. The molecule has 2 rings (SSSR count). The van der Waals surface area contributed by atoms with Crippen LogP contribution in [0.15, 0.2) is 48.5 Å². The molecule has 2 aromatic rings. The molecule has 26 heavy (non-hydrogen) atoms. The lowest BCUT2D eigenvalue weighted by Gasteiger charge is -2.14. The van der Waals surface area contributed by atoms with Crippen LogP contribution >= 0.6 is 0 Å². The van der Waals surface area contributed by atoms with Gasteiger partial charge in [0.2, 0.25) is 5.91 Å². The van der Waals surface area contributed by atoms with Crippen molar-refractivity contribution in [2.45, 2.75) is 39.2 Å². The molecule has 1 amide bonds. The van der Waals surface area contributed by atoms with Crippen molar-refractivity contribution in [2.24, 2.45) is 0 Å². The van der Waals surface area contributed by atoms with E-state index in [-0.39, 0.29) is 25.0 Å². The Morgan fingerprint density at radius 2 is 1.69 bits per heavy atom. The van der Waals surface area contributed by atoms with E-state index in [4.69, 9.17) is 0 Å². The Labute approximate surface area is 153 Å². The fourth-order valence-electron chi connectivity index (χ4n) is 2.71. The van der Waals surface area contributed by atoms with Gasteiger partial charge in [0.15, 0.2) is 5.78 Å². The maximum absolute atomic E-state index is 12.3. The van der Waals surface area contributed by atoms with Crippen molar-refractivity contribution in [3.05, 3.63) is 70.8 Å². The normalized spacial score (nSPS) is 11.6. The van der Waals surface area contributed by atoms with Crippen LogP contribution in [0.4, 0.5) is 0 Å². The predicted octanol–water partition coefficient (Wildman–Crippen LogP) is 3.08. The van der Waals surface area contributed by atoms with Crippen molar-refractivity contribution in [3.63, 3.8) is 0 Å². The van der Waals surface area contributed by atoms with Gasteiger partial charge < -0.3 is 10.4 Å². The minimum absolute atomic E-state index is 0.0369. The zero-order valence-corrected chi connectivity index (χ0v) is 15.0. The predicted molar refractivity (Wildman–Crippen MR) is 99.2 cm³/mol. The van der Waals surface area contributed by atoms with E-state index < -0.39 is 17.9 Å². The second-order valence-corrected chi connectivity index (χ2v) is 6.39. The smallest absolute Gasteiger partial charge is 0.326 e. The summed E-state index contributed by atoms with van der Waals surface area (Å²) in [5.41, 5.74) is 3.29. The lowest BCUT2D eigenvalue weighted by atomic mass is 9.99. The summed E-state index contributed by atoms with van der Waals surface area (Å²) in [7, 11) is 0. The summed E-state index contributed by atoms with van der Waals surface area (Å²) in [6.07, 6.45) is 0.214. The van der Waals surface area contributed by atoms with Crippen LogP contribution in [-0.2, 0) is 16.0 Å². The zero-order chi connectivity index (χ0) is 19.1. The minimum Gasteiger partial charge on any atom is -0.480 e. The van der Waals surface area contributed by atoms with Crippen LogP contribution in [0.1, 0.15) is 39.9 Å². The molecule has 0 heterocycles. The number of carbonyl (C=O) groups excluding carboxylic acids is 2. The highest BCUT2D eigenvalue weighted by Gasteiger charge is 2.21. The standard InChI is InChI=1S/C21H23NO4/c1-14-8-9-15(2)17(12-14)19(23)10-11-20(24)22-18(21(25)26)13-16-6-4-3-5-7-16/h3-9,12,18H,10-11,13H2,1-2H3,(H,22,24)(H,25,26)/t18-/m0/s1. The molecule has 0 aromatic heterocycles. The molecule has 0 aliphatic heterocycles. The number of aryl methyl sites for hydroxylation is 2. The third-order valence-electron chi connectivity index (χ3n) is 4.19. The van der Waals surface area contributed by atoms with Gasteiger partial charge in [-0.25, -0.2) is 4.79 Å². The lowest BCUT2D eigenvalue weighted by molar-refractivity contribution is -0.141. The number of ketones is 1. The number of aliphatic carboxylic acids is 1. The van der Waals surface area contributed by atoms with Crippen LogP contribution in [0.25, 0.3) is 0 Å². The van der Waals surface area contributed by atoms with Crippen molar-refractivity contribution < 1.29 is 19.5 Å². The van der Waals surface area contributed by atoms with Gasteiger partial charge in [-0.2, -0.15) is 0 Å². The molecule has 0 fully saturated rings. The number of carbonyl (C=O) groups is 3. The first kappa shape index (κ1) is 19.4. The highest BCUT2D eigenvalue weighted by molar-refractivity contribution is 5.99. The maximum atomic E-state index is 12.3. The number of benzene rings is 2. The third-order valence-corrected chi connectivity index (χ3v) is 4.19. The van der Waals surface area contributed by atoms with Gasteiger partial charge in [0.25, 0.3) is 0 Å². The first-order valence-electron chi connectivity index (χ1n) is 8.53. The van der Waals surface area contributed by atoms with E-state index >= 15 is 0 Å². The quantitative estimate of drug-likeness (QED) is 0.715. The first-order valence-corrected chi connectivity index (χ1v) is 8.53. The Balaban J connectivity index is 1.92. The molecule has 1 atom stereocenters. The van der Waals surface area contributed by atoms with E-state index in [1.807, 2.05) is 62.4 Å². The van der Waals surface area contributed by atoms with E-state index in [2.05, 4.69) is 5.32 Å². The number of Topliss-reactive ketones (excluding diaryl/α,β-unsaturated/α-hetero) is 1. The molecule has 2 aromatic carbocycles. The van der Waals surface area contributed by atoms with Gasteiger partial charge in [0, 0.05) is 24.8 Å². The van der Waals surface area contributed by atoms with Crippen molar-refractivity contribution in [1.29, 1.82) is 0 Å². The van der Waals surface area contributed by atoms with Crippen LogP contribution < -0.4 is 5.32 Å². The fraction of sp³-hybridized carbons (Fsp3) is 0.286. The van der Waals surface area contributed by atoms with E-state index in [0.29, 0.717) is 5.56 Å². The average molecular weight is 353 g/mol. The topological polar surface area (TPSA) is 83.5 Å². The molecule has 0 bridgehead atoms. The number of hydrogen-bond acceptors (Lipinski definition) is 3.